The third-order valence-corrected chi connectivity index (χ3v) is 5.08. The van der Waals surface area contributed by atoms with Crippen LogP contribution >= 0.6 is 23.4 Å². The normalized spacial score (nSPS) is 11.2. The molecule has 0 saturated heterocycles. The van der Waals surface area contributed by atoms with Crippen LogP contribution in [0.2, 0.25) is 5.02 Å². The maximum Gasteiger partial charge on any atom is 0.230 e. The van der Waals surface area contributed by atoms with Crippen molar-refractivity contribution in [3.05, 3.63) is 64.7 Å². The van der Waals surface area contributed by atoms with Crippen LogP contribution in [-0.4, -0.2) is 24.8 Å². The number of carbonyl (C=O) groups excluding carboxylic acids is 1. The zero-order chi connectivity index (χ0) is 19.0. The molecule has 0 heterocycles. The Morgan fingerprint density at radius 2 is 1.73 bits per heavy atom. The first-order chi connectivity index (χ1) is 12.3. The van der Waals surface area contributed by atoms with Gasteiger partial charge in [-0.15, -0.1) is 11.8 Å². The van der Waals surface area contributed by atoms with Gasteiger partial charge in [0, 0.05) is 10.8 Å². The van der Waals surface area contributed by atoms with Gasteiger partial charge in [-0.05, 0) is 40.8 Å². The molecule has 1 N–H and O–H groups in total. The molecule has 0 aliphatic carbocycles. The molecule has 26 heavy (non-hydrogen) atoms. The molecule has 2 aromatic carbocycles. The predicted octanol–water partition coefficient (Wildman–Crippen LogP) is 5.07. The fourth-order valence-electron chi connectivity index (χ4n) is 2.30. The van der Waals surface area contributed by atoms with Crippen molar-refractivity contribution in [2.75, 3.05) is 18.9 Å². The smallest absolute Gasteiger partial charge is 0.230 e. The minimum Gasteiger partial charge on any atom is -0.492 e. The van der Waals surface area contributed by atoms with Gasteiger partial charge in [0.05, 0.1) is 12.3 Å². The van der Waals surface area contributed by atoms with E-state index in [1.165, 1.54) is 5.56 Å². The van der Waals surface area contributed by atoms with E-state index in [2.05, 4.69) is 38.2 Å². The summed E-state index contributed by atoms with van der Waals surface area (Å²) < 4.78 is 5.68. The van der Waals surface area contributed by atoms with E-state index in [-0.39, 0.29) is 11.3 Å². The minimum absolute atomic E-state index is 0.0237. The minimum atomic E-state index is 0.0237. The van der Waals surface area contributed by atoms with Gasteiger partial charge in [0.15, 0.2) is 0 Å². The number of benzene rings is 2. The van der Waals surface area contributed by atoms with Crippen molar-refractivity contribution in [1.82, 2.24) is 5.32 Å². The number of hydrogen-bond donors (Lipinski definition) is 1. The Balaban J connectivity index is 1.60. The summed E-state index contributed by atoms with van der Waals surface area (Å²) in [5.74, 6) is 2.07. The third kappa shape index (κ3) is 7.30. The number of carbonyl (C=O) groups is 1. The maximum absolute atomic E-state index is 11.8. The average Bonchev–Trinajstić information content (AvgIpc) is 2.60. The molecule has 0 fully saturated rings. The summed E-state index contributed by atoms with van der Waals surface area (Å²) in [6.07, 6.45) is 0. The summed E-state index contributed by atoms with van der Waals surface area (Å²) >= 11 is 7.44. The fourth-order valence-corrected chi connectivity index (χ4v) is 3.25. The third-order valence-electron chi connectivity index (χ3n) is 3.83. The highest BCUT2D eigenvalue weighted by Gasteiger charge is 2.12. The van der Waals surface area contributed by atoms with Crippen molar-refractivity contribution < 1.29 is 9.53 Å². The topological polar surface area (TPSA) is 38.3 Å². The second-order valence-electron chi connectivity index (χ2n) is 7.09. The van der Waals surface area contributed by atoms with Crippen LogP contribution in [0, 0.1) is 0 Å². The van der Waals surface area contributed by atoms with Crippen LogP contribution in [-0.2, 0) is 16.0 Å². The summed E-state index contributed by atoms with van der Waals surface area (Å²) in [5.41, 5.74) is 2.57. The highest BCUT2D eigenvalue weighted by atomic mass is 35.5. The van der Waals surface area contributed by atoms with Gasteiger partial charge in [-0.25, -0.2) is 0 Å². The molecule has 5 heteroatoms. The van der Waals surface area contributed by atoms with Crippen molar-refractivity contribution in [3.8, 4) is 5.75 Å². The zero-order valence-electron chi connectivity index (χ0n) is 15.5. The van der Waals surface area contributed by atoms with Gasteiger partial charge < -0.3 is 10.1 Å². The van der Waals surface area contributed by atoms with Crippen LogP contribution in [0.1, 0.15) is 31.9 Å². The lowest BCUT2D eigenvalue weighted by Crippen LogP contribution is -2.29. The monoisotopic (exact) mass is 391 g/mol. The van der Waals surface area contributed by atoms with Crippen LogP contribution in [0.15, 0.2) is 48.5 Å². The average molecular weight is 392 g/mol. The quantitative estimate of drug-likeness (QED) is 0.638. The Bertz CT molecular complexity index is 693. The molecule has 0 atom stereocenters. The first kappa shape index (κ1) is 20.7. The van der Waals surface area contributed by atoms with Crippen molar-refractivity contribution in [2.45, 2.75) is 31.9 Å². The van der Waals surface area contributed by atoms with E-state index in [4.69, 9.17) is 16.3 Å². The van der Waals surface area contributed by atoms with Crippen LogP contribution in [0.3, 0.4) is 0 Å². The van der Waals surface area contributed by atoms with Crippen LogP contribution in [0.25, 0.3) is 0 Å². The fraction of sp³-hybridized carbons (Fsp3) is 0.381. The molecule has 0 saturated carbocycles. The highest BCUT2D eigenvalue weighted by molar-refractivity contribution is 7.99. The van der Waals surface area contributed by atoms with Gasteiger partial charge in [0.25, 0.3) is 0 Å². The molecule has 140 valence electrons. The Morgan fingerprint density at radius 3 is 2.35 bits per heavy atom. The number of thioether (sulfide) groups is 1. The van der Waals surface area contributed by atoms with E-state index in [0.717, 1.165) is 22.1 Å². The van der Waals surface area contributed by atoms with E-state index < -0.39 is 0 Å². The molecule has 2 aromatic rings. The van der Waals surface area contributed by atoms with E-state index in [1.807, 2.05) is 36.4 Å². The van der Waals surface area contributed by atoms with Crippen LogP contribution in [0.4, 0.5) is 0 Å². The van der Waals surface area contributed by atoms with E-state index >= 15 is 0 Å². The number of amides is 1. The Hall–Kier alpha value is -1.65. The molecule has 0 aliphatic heterocycles. The van der Waals surface area contributed by atoms with Gasteiger partial charge in [0.2, 0.25) is 5.91 Å². The summed E-state index contributed by atoms with van der Waals surface area (Å²) in [4.78, 5) is 11.8. The molecular weight excluding hydrogens is 366 g/mol. The van der Waals surface area contributed by atoms with Gasteiger partial charge in [-0.1, -0.05) is 56.6 Å². The standard InChI is InChI=1S/C21H26ClNO2S/c1-21(2,3)17-6-10-19(11-7-17)25-13-12-23-20(24)15-26-14-16-4-8-18(22)9-5-16/h4-11H,12-15H2,1-3H3,(H,23,24). The Labute approximate surface area is 165 Å². The molecule has 0 bridgehead atoms. The number of halogens is 1. The van der Waals surface area contributed by atoms with Gasteiger partial charge >= 0.3 is 0 Å². The van der Waals surface area contributed by atoms with Gasteiger partial charge in [-0.2, -0.15) is 0 Å². The lowest BCUT2D eigenvalue weighted by molar-refractivity contribution is -0.118. The Kier molecular flexibility index (Phi) is 7.85. The molecule has 0 aromatic heterocycles. The number of nitrogens with one attached hydrogen (secondary N) is 1. The summed E-state index contributed by atoms with van der Waals surface area (Å²) in [6.45, 7) is 7.51. The number of ether oxygens (including phenoxy) is 1. The number of rotatable bonds is 8. The molecule has 0 aliphatic rings. The van der Waals surface area contributed by atoms with Gasteiger partial charge in [-0.3, -0.25) is 4.79 Å². The maximum atomic E-state index is 11.8. The van der Waals surface area contributed by atoms with Crippen molar-refractivity contribution >= 4 is 29.3 Å². The van der Waals surface area contributed by atoms with E-state index in [1.54, 1.807) is 11.8 Å². The summed E-state index contributed by atoms with van der Waals surface area (Å²) in [7, 11) is 0. The first-order valence-electron chi connectivity index (χ1n) is 8.67. The molecule has 0 radical (unpaired) electrons. The molecule has 0 unspecified atom stereocenters. The number of hydrogen-bond acceptors (Lipinski definition) is 3. The lowest BCUT2D eigenvalue weighted by atomic mass is 9.87. The highest BCUT2D eigenvalue weighted by Crippen LogP contribution is 2.24. The molecule has 1 amide bonds. The lowest BCUT2D eigenvalue weighted by Gasteiger charge is -2.19. The van der Waals surface area contributed by atoms with Crippen molar-refractivity contribution in [2.24, 2.45) is 0 Å². The largest absolute Gasteiger partial charge is 0.492 e. The molecule has 0 spiro atoms. The second-order valence-corrected chi connectivity index (χ2v) is 8.51. The predicted molar refractivity (Wildman–Crippen MR) is 111 cm³/mol. The van der Waals surface area contributed by atoms with Crippen LogP contribution in [0.5, 0.6) is 5.75 Å². The van der Waals surface area contributed by atoms with Crippen molar-refractivity contribution in [3.63, 3.8) is 0 Å². The molecular formula is C21H26ClNO2S. The zero-order valence-corrected chi connectivity index (χ0v) is 17.1. The van der Waals surface area contributed by atoms with Gasteiger partial charge in [0.1, 0.15) is 12.4 Å². The van der Waals surface area contributed by atoms with Crippen molar-refractivity contribution in [1.29, 1.82) is 0 Å². The molecule has 2 rings (SSSR count). The summed E-state index contributed by atoms with van der Waals surface area (Å²) in [6, 6.07) is 15.8. The summed E-state index contributed by atoms with van der Waals surface area (Å²) in [5, 5.41) is 3.60. The Morgan fingerprint density at radius 1 is 1.08 bits per heavy atom. The second kappa shape index (κ2) is 9.89. The SMILES string of the molecule is CC(C)(C)c1ccc(OCCNC(=O)CSCc2ccc(Cl)cc2)cc1. The van der Waals surface area contributed by atoms with Crippen LogP contribution < -0.4 is 10.1 Å². The van der Waals surface area contributed by atoms with E-state index in [0.29, 0.717) is 18.9 Å². The molecule has 3 nitrogen and oxygen atoms in total. The van der Waals surface area contributed by atoms with E-state index in [9.17, 15) is 4.79 Å². The first-order valence-corrected chi connectivity index (χ1v) is 10.2.